The first-order valence-corrected chi connectivity index (χ1v) is 15.5. The Morgan fingerprint density at radius 3 is 2.43 bits per heavy atom. The molecule has 6 rings (SSSR count). The third-order valence-corrected chi connectivity index (χ3v) is 8.63. The Morgan fingerprint density at radius 2 is 1.70 bits per heavy atom. The molecular weight excluding hydrogens is 556 g/mol. The van der Waals surface area contributed by atoms with Crippen LogP contribution in [-0.4, -0.2) is 71.2 Å². The smallest absolute Gasteiger partial charge is 0.247 e. The highest BCUT2D eigenvalue weighted by atomic mass is 16.5. The van der Waals surface area contributed by atoms with Crippen LogP contribution in [0, 0.1) is 0 Å². The Hall–Kier alpha value is -4.44. The van der Waals surface area contributed by atoms with Crippen LogP contribution in [0.3, 0.4) is 0 Å². The minimum absolute atomic E-state index is 0.0459. The van der Waals surface area contributed by atoms with Crippen molar-refractivity contribution in [1.29, 1.82) is 0 Å². The number of carbonyl (C=O) groups is 2. The molecule has 1 aliphatic carbocycles. The standard InChI is InChI=1S/C34H40N6O4/c1-43-29-17-11-25(12-18-29)23-39(32(41)24-40-31-10-6-5-9-30(31)36-37-40)33(34(42)35-27-7-3-2-4-8-27)26-13-15-28(16-14-26)38-19-21-44-22-20-38/h5-6,9-18,27,33H,2-4,7-8,19-24H2,1H3,(H,35,42)/t33-/m1/s1. The van der Waals surface area contributed by atoms with Crippen LogP contribution in [0.25, 0.3) is 11.0 Å². The predicted octanol–water partition coefficient (Wildman–Crippen LogP) is 4.50. The molecule has 1 N–H and O–H groups in total. The minimum Gasteiger partial charge on any atom is -0.497 e. The van der Waals surface area contributed by atoms with Crippen molar-refractivity contribution < 1.29 is 19.1 Å². The number of methoxy groups -OCH3 is 1. The van der Waals surface area contributed by atoms with Gasteiger partial charge in [0.05, 0.1) is 25.8 Å². The number of nitrogens with zero attached hydrogens (tertiary/aromatic N) is 5. The number of morpholine rings is 1. The molecule has 44 heavy (non-hydrogen) atoms. The molecule has 1 aromatic heterocycles. The van der Waals surface area contributed by atoms with Crippen molar-refractivity contribution in [1.82, 2.24) is 25.2 Å². The summed E-state index contributed by atoms with van der Waals surface area (Å²) in [6.45, 7) is 3.21. The van der Waals surface area contributed by atoms with Crippen molar-refractivity contribution in [3.63, 3.8) is 0 Å². The summed E-state index contributed by atoms with van der Waals surface area (Å²) in [4.78, 5) is 32.5. The molecule has 0 bridgehead atoms. The summed E-state index contributed by atoms with van der Waals surface area (Å²) in [7, 11) is 1.62. The molecule has 0 unspecified atom stereocenters. The van der Waals surface area contributed by atoms with Gasteiger partial charge in [-0.2, -0.15) is 0 Å². The van der Waals surface area contributed by atoms with E-state index in [4.69, 9.17) is 9.47 Å². The summed E-state index contributed by atoms with van der Waals surface area (Å²) in [5, 5.41) is 11.8. The highest BCUT2D eigenvalue weighted by Gasteiger charge is 2.33. The van der Waals surface area contributed by atoms with Gasteiger partial charge in [0.25, 0.3) is 0 Å². The second kappa shape index (κ2) is 13.9. The van der Waals surface area contributed by atoms with Gasteiger partial charge in [0.15, 0.2) is 0 Å². The summed E-state index contributed by atoms with van der Waals surface area (Å²) in [6, 6.07) is 22.5. The van der Waals surface area contributed by atoms with Gasteiger partial charge in [-0.05, 0) is 60.4 Å². The van der Waals surface area contributed by atoms with Crippen LogP contribution < -0.4 is 15.0 Å². The van der Waals surface area contributed by atoms with E-state index >= 15 is 0 Å². The van der Waals surface area contributed by atoms with Gasteiger partial charge in [-0.1, -0.05) is 60.9 Å². The molecule has 1 saturated carbocycles. The van der Waals surface area contributed by atoms with Crippen LogP contribution >= 0.6 is 0 Å². The molecule has 2 heterocycles. The first-order chi connectivity index (χ1) is 21.6. The van der Waals surface area contributed by atoms with Crippen LogP contribution in [0.5, 0.6) is 5.75 Å². The predicted molar refractivity (Wildman–Crippen MR) is 168 cm³/mol. The summed E-state index contributed by atoms with van der Waals surface area (Å²) < 4.78 is 12.5. The quantitative estimate of drug-likeness (QED) is 0.288. The fraction of sp³-hybridized carbons (Fsp3) is 0.412. The molecule has 0 spiro atoms. The van der Waals surface area contributed by atoms with Crippen molar-refractivity contribution in [3.8, 4) is 5.75 Å². The highest BCUT2D eigenvalue weighted by Crippen LogP contribution is 2.29. The third kappa shape index (κ3) is 6.86. The third-order valence-electron chi connectivity index (χ3n) is 8.63. The van der Waals surface area contributed by atoms with E-state index < -0.39 is 6.04 Å². The van der Waals surface area contributed by atoms with Crippen LogP contribution in [-0.2, 0) is 27.4 Å². The maximum absolute atomic E-state index is 14.3. The molecule has 2 fully saturated rings. The lowest BCUT2D eigenvalue weighted by Gasteiger charge is -2.34. The van der Waals surface area contributed by atoms with E-state index in [0.717, 1.165) is 66.9 Å². The maximum atomic E-state index is 14.3. The summed E-state index contributed by atoms with van der Waals surface area (Å²) in [5.74, 6) is 0.338. The molecule has 1 aliphatic heterocycles. The van der Waals surface area contributed by atoms with E-state index in [9.17, 15) is 9.59 Å². The average Bonchev–Trinajstić information content (AvgIpc) is 3.48. The number of hydrogen-bond acceptors (Lipinski definition) is 7. The molecule has 230 valence electrons. The van der Waals surface area contributed by atoms with Gasteiger partial charge in [0, 0.05) is 31.4 Å². The maximum Gasteiger partial charge on any atom is 0.247 e. The SMILES string of the molecule is COc1ccc(CN(C(=O)Cn2nnc3ccccc32)[C@@H](C(=O)NC2CCCCC2)c2ccc(N3CCOCC3)cc2)cc1. The van der Waals surface area contributed by atoms with Crippen LogP contribution in [0.1, 0.15) is 49.3 Å². The number of aromatic nitrogens is 3. The van der Waals surface area contributed by atoms with Crippen molar-refractivity contribution in [2.45, 2.75) is 57.3 Å². The number of amides is 2. The first kappa shape index (κ1) is 29.6. The van der Waals surface area contributed by atoms with E-state index in [1.165, 1.54) is 6.42 Å². The number of fused-ring (bicyclic) bond motifs is 1. The highest BCUT2D eigenvalue weighted by molar-refractivity contribution is 5.89. The van der Waals surface area contributed by atoms with Gasteiger partial charge in [0.2, 0.25) is 11.8 Å². The fourth-order valence-electron chi connectivity index (χ4n) is 6.19. The number of benzene rings is 3. The molecule has 4 aromatic rings. The van der Waals surface area contributed by atoms with Gasteiger partial charge in [-0.25, -0.2) is 4.68 Å². The normalized spacial score (nSPS) is 16.4. The first-order valence-electron chi connectivity index (χ1n) is 15.5. The van der Waals surface area contributed by atoms with Crippen LogP contribution in [0.2, 0.25) is 0 Å². The fourth-order valence-corrected chi connectivity index (χ4v) is 6.19. The largest absolute Gasteiger partial charge is 0.497 e. The Balaban J connectivity index is 1.35. The Labute approximate surface area is 257 Å². The van der Waals surface area contributed by atoms with Crippen molar-refractivity contribution in [2.24, 2.45) is 0 Å². The average molecular weight is 597 g/mol. The Bertz CT molecular complexity index is 1540. The van der Waals surface area contributed by atoms with Gasteiger partial charge < -0.3 is 24.6 Å². The Kier molecular flexibility index (Phi) is 9.36. The number of para-hydroxylation sites is 1. The van der Waals surface area contributed by atoms with E-state index in [1.807, 2.05) is 72.8 Å². The molecule has 10 heteroatoms. The minimum atomic E-state index is -0.833. The molecule has 10 nitrogen and oxygen atoms in total. The number of hydrogen-bond donors (Lipinski definition) is 1. The molecule has 1 saturated heterocycles. The molecular formula is C34H40N6O4. The van der Waals surface area contributed by atoms with Crippen LogP contribution in [0.4, 0.5) is 5.69 Å². The summed E-state index contributed by atoms with van der Waals surface area (Å²) >= 11 is 0. The molecule has 1 atom stereocenters. The van der Waals surface area contributed by atoms with Crippen molar-refractivity contribution >= 4 is 28.5 Å². The number of nitrogens with one attached hydrogen (secondary N) is 1. The second-order valence-corrected chi connectivity index (χ2v) is 11.5. The van der Waals surface area contributed by atoms with E-state index in [2.05, 4.69) is 20.5 Å². The van der Waals surface area contributed by atoms with Gasteiger partial charge in [-0.3, -0.25) is 9.59 Å². The monoisotopic (exact) mass is 596 g/mol. The van der Waals surface area contributed by atoms with Crippen molar-refractivity contribution in [3.05, 3.63) is 83.9 Å². The van der Waals surface area contributed by atoms with Gasteiger partial charge in [0.1, 0.15) is 23.9 Å². The number of ether oxygens (including phenoxy) is 2. The van der Waals surface area contributed by atoms with E-state index in [-0.39, 0.29) is 30.9 Å². The topological polar surface area (TPSA) is 102 Å². The Morgan fingerprint density at radius 1 is 0.977 bits per heavy atom. The van der Waals surface area contributed by atoms with Gasteiger partial charge >= 0.3 is 0 Å². The molecule has 0 radical (unpaired) electrons. The van der Waals surface area contributed by atoms with Crippen LogP contribution in [0.15, 0.2) is 72.8 Å². The van der Waals surface area contributed by atoms with Gasteiger partial charge in [-0.15, -0.1) is 5.10 Å². The molecule has 3 aromatic carbocycles. The lowest BCUT2D eigenvalue weighted by molar-refractivity contribution is -0.142. The number of carbonyl (C=O) groups excluding carboxylic acids is 2. The zero-order valence-electron chi connectivity index (χ0n) is 25.2. The van der Waals surface area contributed by atoms with Crippen molar-refractivity contribution in [2.75, 3.05) is 38.3 Å². The summed E-state index contributed by atoms with van der Waals surface area (Å²) in [6.07, 6.45) is 5.28. The zero-order chi connectivity index (χ0) is 30.3. The molecule has 2 amide bonds. The number of rotatable bonds is 10. The lowest BCUT2D eigenvalue weighted by Crippen LogP contribution is -2.47. The zero-order valence-corrected chi connectivity index (χ0v) is 25.2. The summed E-state index contributed by atoms with van der Waals surface area (Å²) in [5.41, 5.74) is 4.21. The molecule has 2 aliphatic rings. The number of anilines is 1. The van der Waals surface area contributed by atoms with E-state index in [0.29, 0.717) is 18.7 Å². The lowest BCUT2D eigenvalue weighted by atomic mass is 9.94. The van der Waals surface area contributed by atoms with E-state index in [1.54, 1.807) is 16.7 Å². The second-order valence-electron chi connectivity index (χ2n) is 11.5.